The highest BCUT2D eigenvalue weighted by Crippen LogP contribution is 2.34. The van der Waals surface area contributed by atoms with Gasteiger partial charge in [0.2, 0.25) is 12.6 Å². The highest BCUT2D eigenvalue weighted by Gasteiger charge is 2.24. The van der Waals surface area contributed by atoms with E-state index < -0.39 is 18.0 Å². The third kappa shape index (κ3) is 3.47. The zero-order chi connectivity index (χ0) is 16.2. The van der Waals surface area contributed by atoms with Gasteiger partial charge in [-0.15, -0.1) is 0 Å². The van der Waals surface area contributed by atoms with Gasteiger partial charge in [0.05, 0.1) is 0 Å². The van der Waals surface area contributed by atoms with Gasteiger partial charge in [0.15, 0.2) is 17.6 Å². The molecule has 0 fully saturated rings. The molecule has 1 amide bonds. The molecule has 0 bridgehead atoms. The lowest BCUT2D eigenvalue weighted by molar-refractivity contribution is -0.153. The summed E-state index contributed by atoms with van der Waals surface area (Å²) in [6.07, 6.45) is 0.174. The van der Waals surface area contributed by atoms with Crippen molar-refractivity contribution < 1.29 is 33.3 Å². The fraction of sp³-hybridized carbons (Fsp3) is 0.333. The summed E-state index contributed by atoms with van der Waals surface area (Å²) in [5, 5.41) is 2.64. The number of benzene rings is 1. The van der Waals surface area contributed by atoms with Crippen molar-refractivity contribution in [2.45, 2.75) is 13.0 Å². The molecule has 0 spiro atoms. The summed E-state index contributed by atoms with van der Waals surface area (Å²) in [6, 6.07) is 4.99. The van der Waals surface area contributed by atoms with Gasteiger partial charge in [-0.1, -0.05) is 0 Å². The van der Waals surface area contributed by atoms with Gasteiger partial charge < -0.3 is 29.0 Å². The van der Waals surface area contributed by atoms with Crippen LogP contribution >= 0.6 is 0 Å². The number of carbonyl (C=O) groups is 2. The van der Waals surface area contributed by atoms with Crippen LogP contribution < -0.4 is 14.8 Å². The zero-order valence-electron chi connectivity index (χ0n) is 12.4. The van der Waals surface area contributed by atoms with Crippen LogP contribution in [-0.4, -0.2) is 38.0 Å². The van der Waals surface area contributed by atoms with Gasteiger partial charge in [0.25, 0.3) is 5.91 Å². The Hall–Kier alpha value is -2.90. The molecule has 0 saturated heterocycles. The quantitative estimate of drug-likeness (QED) is 0.832. The molecule has 0 unspecified atom stereocenters. The molecular formula is C15H15NO7. The van der Waals surface area contributed by atoms with E-state index in [0.717, 1.165) is 0 Å². The third-order valence-electron chi connectivity index (χ3n) is 3.14. The first-order chi connectivity index (χ1) is 11.1. The first-order valence-electron chi connectivity index (χ1n) is 6.99. The maximum Gasteiger partial charge on any atom is 0.377 e. The fourth-order valence-electron chi connectivity index (χ4n) is 1.97. The number of ether oxygens (including phenoxy) is 5. The highest BCUT2D eigenvalue weighted by molar-refractivity contribution is 5.96. The Morgan fingerprint density at radius 2 is 2.00 bits per heavy atom. The number of fused-ring (bicyclic) bond motifs is 1. The van der Waals surface area contributed by atoms with E-state index in [9.17, 15) is 9.59 Å². The average molecular weight is 321 g/mol. The highest BCUT2D eigenvalue weighted by atomic mass is 16.7. The number of nitrogens with one attached hydrogen (secondary N) is 1. The predicted molar refractivity (Wildman–Crippen MR) is 76.7 cm³/mol. The summed E-state index contributed by atoms with van der Waals surface area (Å²) in [7, 11) is 0. The topological polar surface area (TPSA) is 92.3 Å². The van der Waals surface area contributed by atoms with E-state index in [0.29, 0.717) is 23.8 Å². The molecule has 0 saturated carbocycles. The van der Waals surface area contributed by atoms with Gasteiger partial charge >= 0.3 is 5.97 Å². The number of hydrogen-bond donors (Lipinski definition) is 1. The summed E-state index contributed by atoms with van der Waals surface area (Å²) in [4.78, 5) is 23.9. The number of amides is 1. The Morgan fingerprint density at radius 1 is 1.17 bits per heavy atom. The largest absolute Gasteiger partial charge is 0.493 e. The van der Waals surface area contributed by atoms with E-state index in [1.54, 1.807) is 18.2 Å². The number of esters is 1. The molecule has 8 nitrogen and oxygen atoms in total. The minimum atomic E-state index is -1.00. The molecular weight excluding hydrogens is 306 g/mol. The number of carbonyl (C=O) groups excluding carboxylic acids is 2. The molecule has 3 rings (SSSR count). The summed E-state index contributed by atoms with van der Waals surface area (Å²) in [6.45, 7) is 2.25. The van der Waals surface area contributed by atoms with Crippen molar-refractivity contribution in [3.8, 4) is 11.5 Å². The minimum Gasteiger partial charge on any atom is -0.493 e. The molecule has 0 aromatic heterocycles. The molecule has 2 aliphatic rings. The number of anilines is 1. The van der Waals surface area contributed by atoms with Crippen molar-refractivity contribution in [1.82, 2.24) is 0 Å². The van der Waals surface area contributed by atoms with Crippen LogP contribution in [0.4, 0.5) is 5.69 Å². The monoisotopic (exact) mass is 321 g/mol. The fourth-order valence-corrected chi connectivity index (χ4v) is 1.97. The van der Waals surface area contributed by atoms with E-state index >= 15 is 0 Å². The van der Waals surface area contributed by atoms with Crippen LogP contribution in [-0.2, 0) is 23.8 Å². The molecule has 1 N–H and O–H groups in total. The standard InChI is InChI=1S/C15H15NO7/c1-9(23-15(18)13-7-19-4-5-20-13)14(17)16-10-2-3-11-12(6-10)22-8-21-11/h2-3,6-7,9H,4-5,8H2,1H3,(H,16,17)/t9-/m1/s1. The van der Waals surface area contributed by atoms with Crippen molar-refractivity contribution in [1.29, 1.82) is 0 Å². The van der Waals surface area contributed by atoms with E-state index in [1.807, 2.05) is 0 Å². The molecule has 1 aromatic carbocycles. The summed E-state index contributed by atoms with van der Waals surface area (Å²) >= 11 is 0. The maximum absolute atomic E-state index is 12.1. The molecule has 2 aliphatic heterocycles. The Labute approximate surface area is 131 Å². The Kier molecular flexibility index (Phi) is 4.22. The SMILES string of the molecule is C[C@@H](OC(=O)C1=COCCO1)C(=O)Nc1ccc2c(c1)OCO2. The predicted octanol–water partition coefficient (Wildman–Crippen LogP) is 1.17. The lowest BCUT2D eigenvalue weighted by atomic mass is 10.2. The number of rotatable bonds is 4. The van der Waals surface area contributed by atoms with Gasteiger partial charge in [0.1, 0.15) is 19.5 Å². The Balaban J connectivity index is 1.57. The van der Waals surface area contributed by atoms with E-state index in [4.69, 9.17) is 23.7 Å². The smallest absolute Gasteiger partial charge is 0.377 e. The van der Waals surface area contributed by atoms with Gasteiger partial charge in [-0.25, -0.2) is 4.79 Å². The molecule has 0 radical (unpaired) electrons. The second kappa shape index (κ2) is 6.47. The van der Waals surface area contributed by atoms with Gasteiger partial charge in [0, 0.05) is 11.8 Å². The molecule has 23 heavy (non-hydrogen) atoms. The van der Waals surface area contributed by atoms with E-state index in [-0.39, 0.29) is 19.2 Å². The summed E-state index contributed by atoms with van der Waals surface area (Å²) < 4.78 is 25.5. The molecule has 1 atom stereocenters. The molecule has 1 aromatic rings. The number of hydrogen-bond acceptors (Lipinski definition) is 7. The maximum atomic E-state index is 12.1. The van der Waals surface area contributed by atoms with Crippen molar-refractivity contribution in [3.05, 3.63) is 30.2 Å². The van der Waals surface area contributed by atoms with Crippen molar-refractivity contribution in [3.63, 3.8) is 0 Å². The second-order valence-corrected chi connectivity index (χ2v) is 4.81. The van der Waals surface area contributed by atoms with Gasteiger partial charge in [-0.05, 0) is 19.1 Å². The van der Waals surface area contributed by atoms with Crippen LogP contribution in [0.5, 0.6) is 11.5 Å². The van der Waals surface area contributed by atoms with Crippen LogP contribution in [0.1, 0.15) is 6.92 Å². The molecule has 2 heterocycles. The van der Waals surface area contributed by atoms with Crippen LogP contribution in [0.3, 0.4) is 0 Å². The Morgan fingerprint density at radius 3 is 2.78 bits per heavy atom. The van der Waals surface area contributed by atoms with Crippen molar-refractivity contribution >= 4 is 17.6 Å². The first kappa shape index (κ1) is 15.0. The zero-order valence-corrected chi connectivity index (χ0v) is 12.4. The third-order valence-corrected chi connectivity index (χ3v) is 3.14. The van der Waals surface area contributed by atoms with Crippen LogP contribution in [0.2, 0.25) is 0 Å². The van der Waals surface area contributed by atoms with Gasteiger partial charge in [-0.2, -0.15) is 0 Å². The van der Waals surface area contributed by atoms with Crippen molar-refractivity contribution in [2.75, 3.05) is 25.3 Å². The van der Waals surface area contributed by atoms with Crippen LogP contribution in [0.25, 0.3) is 0 Å². The van der Waals surface area contributed by atoms with Gasteiger partial charge in [-0.3, -0.25) is 4.79 Å². The molecule has 122 valence electrons. The minimum absolute atomic E-state index is 0.0565. The molecule has 8 heteroatoms. The summed E-state index contributed by atoms with van der Waals surface area (Å²) in [5.74, 6) is -0.124. The van der Waals surface area contributed by atoms with E-state index in [1.165, 1.54) is 13.2 Å². The summed E-state index contributed by atoms with van der Waals surface area (Å²) in [5.41, 5.74) is 0.513. The van der Waals surface area contributed by atoms with Crippen LogP contribution in [0.15, 0.2) is 30.2 Å². The average Bonchev–Trinajstić information content (AvgIpc) is 3.03. The molecule has 0 aliphatic carbocycles. The van der Waals surface area contributed by atoms with Crippen molar-refractivity contribution in [2.24, 2.45) is 0 Å². The second-order valence-electron chi connectivity index (χ2n) is 4.81. The lowest BCUT2D eigenvalue weighted by Crippen LogP contribution is -2.31. The normalized spacial score (nSPS) is 16.5. The first-order valence-corrected chi connectivity index (χ1v) is 6.99. The lowest BCUT2D eigenvalue weighted by Gasteiger charge is -2.17. The Bertz CT molecular complexity index is 655. The van der Waals surface area contributed by atoms with E-state index in [2.05, 4.69) is 5.32 Å². The van der Waals surface area contributed by atoms with Crippen LogP contribution in [0, 0.1) is 0 Å².